The van der Waals surface area contributed by atoms with E-state index in [-0.39, 0.29) is 0 Å². The zero-order valence-electron chi connectivity index (χ0n) is 14.0. The smallest absolute Gasteiger partial charge is 0.119 e. The fourth-order valence-electron chi connectivity index (χ4n) is 2.45. The predicted molar refractivity (Wildman–Crippen MR) is 84.1 cm³/mol. The van der Waals surface area contributed by atoms with Crippen LogP contribution in [0.25, 0.3) is 0 Å². The highest BCUT2D eigenvalue weighted by molar-refractivity contribution is 5.57. The number of unbranched alkanes of at least 4 members (excludes halogenated alkanes) is 1. The van der Waals surface area contributed by atoms with Gasteiger partial charge in [0, 0.05) is 13.1 Å². The van der Waals surface area contributed by atoms with E-state index < -0.39 is 0 Å². The van der Waals surface area contributed by atoms with Crippen LogP contribution in [-0.2, 0) is 0 Å². The summed E-state index contributed by atoms with van der Waals surface area (Å²) in [6.07, 6.45) is 6.10. The van der Waals surface area contributed by atoms with Gasteiger partial charge in [-0.1, -0.05) is 54.9 Å². The van der Waals surface area contributed by atoms with Gasteiger partial charge in [-0.3, -0.25) is 5.01 Å². The van der Waals surface area contributed by atoms with E-state index in [1.807, 2.05) is 0 Å². The van der Waals surface area contributed by atoms with Gasteiger partial charge in [0.2, 0.25) is 0 Å². The summed E-state index contributed by atoms with van der Waals surface area (Å²) in [4.78, 5) is 2.43. The molecule has 3 heteroatoms. The first kappa shape index (κ1) is 16.3. The van der Waals surface area contributed by atoms with Crippen LogP contribution in [0.2, 0.25) is 0 Å². The molecule has 0 N–H and O–H groups in total. The Labute approximate surface area is 120 Å². The second-order valence-electron chi connectivity index (χ2n) is 8.23. The molecule has 0 aromatic rings. The second kappa shape index (κ2) is 6.15. The number of hydrogen-bond acceptors (Lipinski definition) is 3. The van der Waals surface area contributed by atoms with Crippen LogP contribution in [0.15, 0.2) is 5.10 Å². The van der Waals surface area contributed by atoms with Crippen LogP contribution in [0.3, 0.4) is 0 Å². The number of rotatable bonds is 5. The Morgan fingerprint density at radius 3 is 2.16 bits per heavy atom. The van der Waals surface area contributed by atoms with Gasteiger partial charge in [0.15, 0.2) is 0 Å². The third kappa shape index (κ3) is 5.84. The predicted octanol–water partition coefficient (Wildman–Crippen LogP) is 4.16. The van der Waals surface area contributed by atoms with Gasteiger partial charge in [-0.15, -0.1) is 0 Å². The molecule has 1 atom stereocenters. The molecule has 1 heterocycles. The van der Waals surface area contributed by atoms with Crippen LogP contribution < -0.4 is 0 Å². The molecule has 0 spiro atoms. The van der Waals surface area contributed by atoms with Gasteiger partial charge in [0.1, 0.15) is 12.5 Å². The van der Waals surface area contributed by atoms with E-state index in [1.165, 1.54) is 12.8 Å². The Balaban J connectivity index is 2.72. The summed E-state index contributed by atoms with van der Waals surface area (Å²) in [6, 6.07) is 0. The third-order valence-electron chi connectivity index (χ3n) is 3.27. The molecule has 0 radical (unpaired) electrons. The van der Waals surface area contributed by atoms with E-state index in [9.17, 15) is 0 Å². The molecule has 1 aliphatic rings. The van der Waals surface area contributed by atoms with Crippen LogP contribution in [0.4, 0.5) is 0 Å². The molecule has 0 bridgehead atoms. The van der Waals surface area contributed by atoms with Gasteiger partial charge < -0.3 is 4.90 Å². The molecule has 0 aromatic heterocycles. The molecule has 112 valence electrons. The molecule has 1 aliphatic heterocycles. The SMILES string of the molecule is CCCCN1N=CN(CC(C)(C)C)C1CC(C)(C)C. The van der Waals surface area contributed by atoms with E-state index in [2.05, 4.69) is 69.8 Å². The van der Waals surface area contributed by atoms with Gasteiger partial charge in [-0.25, -0.2) is 0 Å². The van der Waals surface area contributed by atoms with E-state index in [1.54, 1.807) is 0 Å². The normalized spacial score (nSPS) is 20.5. The highest BCUT2D eigenvalue weighted by Gasteiger charge is 2.33. The topological polar surface area (TPSA) is 18.8 Å². The fraction of sp³-hybridized carbons (Fsp3) is 0.938. The summed E-state index contributed by atoms with van der Waals surface area (Å²) < 4.78 is 0. The lowest BCUT2D eigenvalue weighted by Crippen LogP contribution is -2.45. The second-order valence-corrected chi connectivity index (χ2v) is 8.23. The van der Waals surface area contributed by atoms with Gasteiger partial charge >= 0.3 is 0 Å². The Kier molecular flexibility index (Phi) is 5.28. The monoisotopic (exact) mass is 267 g/mol. The number of hydrogen-bond donors (Lipinski definition) is 0. The first-order valence-corrected chi connectivity index (χ1v) is 7.69. The largest absolute Gasteiger partial charge is 0.339 e. The number of nitrogens with zero attached hydrogens (tertiary/aromatic N) is 3. The zero-order chi connectivity index (χ0) is 14.7. The van der Waals surface area contributed by atoms with Crippen molar-refractivity contribution in [2.45, 2.75) is 73.9 Å². The average Bonchev–Trinajstić information content (AvgIpc) is 2.54. The van der Waals surface area contributed by atoms with Crippen molar-refractivity contribution in [2.75, 3.05) is 13.1 Å². The summed E-state index contributed by atoms with van der Waals surface area (Å²) in [6.45, 7) is 18.2. The van der Waals surface area contributed by atoms with Gasteiger partial charge in [0.05, 0.1) is 0 Å². The van der Waals surface area contributed by atoms with Crippen molar-refractivity contribution < 1.29 is 0 Å². The third-order valence-corrected chi connectivity index (χ3v) is 3.27. The van der Waals surface area contributed by atoms with Crippen LogP contribution in [0.1, 0.15) is 67.7 Å². The maximum Gasteiger partial charge on any atom is 0.119 e. The molecular weight excluding hydrogens is 234 g/mol. The van der Waals surface area contributed by atoms with E-state index >= 15 is 0 Å². The van der Waals surface area contributed by atoms with Crippen molar-refractivity contribution in [3.8, 4) is 0 Å². The summed E-state index contributed by atoms with van der Waals surface area (Å²) in [5.74, 6) is 0. The van der Waals surface area contributed by atoms with Gasteiger partial charge in [-0.05, 0) is 23.7 Å². The van der Waals surface area contributed by atoms with Gasteiger partial charge in [-0.2, -0.15) is 5.10 Å². The minimum Gasteiger partial charge on any atom is -0.339 e. The van der Waals surface area contributed by atoms with Gasteiger partial charge in [0.25, 0.3) is 0 Å². The maximum absolute atomic E-state index is 4.64. The first-order chi connectivity index (χ1) is 8.62. The Morgan fingerprint density at radius 1 is 1.05 bits per heavy atom. The molecule has 0 amide bonds. The first-order valence-electron chi connectivity index (χ1n) is 7.69. The number of hydrazone groups is 1. The van der Waals surface area contributed by atoms with Crippen LogP contribution >= 0.6 is 0 Å². The minimum absolute atomic E-state index is 0.308. The summed E-state index contributed by atoms with van der Waals surface area (Å²) in [5.41, 5.74) is 0.641. The Bertz CT molecular complexity index is 296. The summed E-state index contributed by atoms with van der Waals surface area (Å²) >= 11 is 0. The molecule has 19 heavy (non-hydrogen) atoms. The molecule has 0 fully saturated rings. The minimum atomic E-state index is 0.308. The van der Waals surface area contributed by atoms with Crippen molar-refractivity contribution >= 4 is 6.34 Å². The van der Waals surface area contributed by atoms with E-state index in [0.29, 0.717) is 17.0 Å². The molecule has 0 aromatic carbocycles. The van der Waals surface area contributed by atoms with Crippen molar-refractivity contribution in [1.29, 1.82) is 0 Å². The summed E-state index contributed by atoms with van der Waals surface area (Å²) in [5, 5.41) is 6.93. The van der Waals surface area contributed by atoms with E-state index in [4.69, 9.17) is 0 Å². The maximum atomic E-state index is 4.64. The average molecular weight is 267 g/mol. The molecule has 0 aliphatic carbocycles. The molecule has 0 saturated carbocycles. The van der Waals surface area contributed by atoms with Crippen LogP contribution in [0, 0.1) is 10.8 Å². The lowest BCUT2D eigenvalue weighted by Gasteiger charge is -2.37. The van der Waals surface area contributed by atoms with Crippen molar-refractivity contribution in [3.05, 3.63) is 0 Å². The molecule has 1 unspecified atom stereocenters. The van der Waals surface area contributed by atoms with Crippen molar-refractivity contribution in [2.24, 2.45) is 15.9 Å². The quantitative estimate of drug-likeness (QED) is 0.745. The van der Waals surface area contributed by atoms with Crippen molar-refractivity contribution in [3.63, 3.8) is 0 Å². The highest BCUT2D eigenvalue weighted by atomic mass is 15.6. The molecular formula is C16H33N3. The highest BCUT2D eigenvalue weighted by Crippen LogP contribution is 2.30. The van der Waals surface area contributed by atoms with Crippen LogP contribution in [-0.4, -0.2) is 35.5 Å². The molecule has 0 saturated heterocycles. The summed E-state index contributed by atoms with van der Waals surface area (Å²) in [7, 11) is 0. The van der Waals surface area contributed by atoms with Crippen molar-refractivity contribution in [1.82, 2.24) is 9.91 Å². The fourth-order valence-corrected chi connectivity index (χ4v) is 2.45. The lowest BCUT2D eigenvalue weighted by molar-refractivity contribution is 0.0706. The molecule has 3 nitrogen and oxygen atoms in total. The lowest BCUT2D eigenvalue weighted by atomic mass is 9.89. The molecule has 1 rings (SSSR count). The Morgan fingerprint density at radius 2 is 1.68 bits per heavy atom. The Hall–Kier alpha value is -0.730. The van der Waals surface area contributed by atoms with E-state index in [0.717, 1.165) is 19.5 Å². The standard InChI is InChI=1S/C16H33N3/c1-8-9-10-19-14(11-15(2,3)4)18(13-17-19)12-16(5,6)7/h13-14H,8-12H2,1-7H3. The van der Waals surface area contributed by atoms with Crippen LogP contribution in [0.5, 0.6) is 0 Å². The zero-order valence-corrected chi connectivity index (χ0v) is 14.0.